The molecule has 4 nitrogen and oxygen atoms in total. The largest absolute Gasteiger partial charge is 0.481 e. The molecule has 2 aliphatic rings. The standard InChI is InChI=1S/C16H19FO4S/c17-13-10-11(16(15(18)19)8-2-1-3-9-16)4-7-14(13)22(20,21)12-5-6-12/h4,7,10,12H,1-3,5-6,8-9H2,(H,18,19). The van der Waals surface area contributed by atoms with Crippen molar-refractivity contribution in [1.29, 1.82) is 0 Å². The maximum atomic E-state index is 14.4. The molecule has 1 aromatic rings. The smallest absolute Gasteiger partial charge is 0.314 e. The van der Waals surface area contributed by atoms with Crippen LogP contribution in [-0.2, 0) is 20.0 Å². The zero-order valence-corrected chi connectivity index (χ0v) is 13.0. The highest BCUT2D eigenvalue weighted by molar-refractivity contribution is 7.92. The van der Waals surface area contributed by atoms with E-state index in [0.29, 0.717) is 31.2 Å². The second-order valence-corrected chi connectivity index (χ2v) is 8.53. The molecule has 0 atom stereocenters. The molecule has 0 aliphatic heterocycles. The van der Waals surface area contributed by atoms with Gasteiger partial charge in [0.2, 0.25) is 0 Å². The van der Waals surface area contributed by atoms with E-state index >= 15 is 0 Å². The molecule has 1 N–H and O–H groups in total. The van der Waals surface area contributed by atoms with Crippen LogP contribution >= 0.6 is 0 Å². The lowest BCUT2D eigenvalue weighted by Gasteiger charge is -2.33. The van der Waals surface area contributed by atoms with Crippen molar-refractivity contribution in [3.63, 3.8) is 0 Å². The molecular formula is C16H19FO4S. The fourth-order valence-electron chi connectivity index (χ4n) is 3.37. The summed E-state index contributed by atoms with van der Waals surface area (Å²) in [6, 6.07) is 3.85. The highest BCUT2D eigenvalue weighted by Gasteiger charge is 2.43. The molecule has 3 rings (SSSR count). The van der Waals surface area contributed by atoms with Crippen LogP contribution in [-0.4, -0.2) is 24.7 Å². The van der Waals surface area contributed by atoms with Crippen LogP contribution in [0.1, 0.15) is 50.5 Å². The Morgan fingerprint density at radius 3 is 2.32 bits per heavy atom. The van der Waals surface area contributed by atoms with Crippen LogP contribution in [0.15, 0.2) is 23.1 Å². The quantitative estimate of drug-likeness (QED) is 0.923. The third-order valence-electron chi connectivity index (χ3n) is 4.87. The van der Waals surface area contributed by atoms with Gasteiger partial charge in [0.1, 0.15) is 10.7 Å². The van der Waals surface area contributed by atoms with Crippen LogP contribution in [0.25, 0.3) is 0 Å². The first-order valence-corrected chi connectivity index (χ1v) is 9.20. The summed E-state index contributed by atoms with van der Waals surface area (Å²) < 4.78 is 38.7. The molecular weight excluding hydrogens is 307 g/mol. The van der Waals surface area contributed by atoms with E-state index < -0.39 is 32.3 Å². The van der Waals surface area contributed by atoms with Gasteiger partial charge in [-0.2, -0.15) is 0 Å². The average Bonchev–Trinajstić information content (AvgIpc) is 3.32. The van der Waals surface area contributed by atoms with Gasteiger partial charge in [-0.1, -0.05) is 25.3 Å². The van der Waals surface area contributed by atoms with Crippen molar-refractivity contribution in [1.82, 2.24) is 0 Å². The molecule has 0 saturated heterocycles. The Morgan fingerprint density at radius 1 is 1.18 bits per heavy atom. The van der Waals surface area contributed by atoms with Crippen molar-refractivity contribution in [3.05, 3.63) is 29.6 Å². The molecule has 0 spiro atoms. The fourth-order valence-corrected chi connectivity index (χ4v) is 5.07. The minimum absolute atomic E-state index is 0.296. The summed E-state index contributed by atoms with van der Waals surface area (Å²) in [7, 11) is -3.61. The normalized spacial score (nSPS) is 21.5. The Balaban J connectivity index is 2.02. The van der Waals surface area contributed by atoms with Gasteiger partial charge in [0.05, 0.1) is 10.7 Å². The zero-order valence-electron chi connectivity index (χ0n) is 12.2. The van der Waals surface area contributed by atoms with Crippen LogP contribution in [0, 0.1) is 5.82 Å². The van der Waals surface area contributed by atoms with Gasteiger partial charge in [0.25, 0.3) is 0 Å². The van der Waals surface area contributed by atoms with Gasteiger partial charge in [0.15, 0.2) is 9.84 Å². The predicted octanol–water partition coefficient (Wildman–Crippen LogP) is 3.05. The van der Waals surface area contributed by atoms with Crippen molar-refractivity contribution < 1.29 is 22.7 Å². The van der Waals surface area contributed by atoms with Gasteiger partial charge in [-0.15, -0.1) is 0 Å². The van der Waals surface area contributed by atoms with Gasteiger partial charge in [-0.25, -0.2) is 12.8 Å². The van der Waals surface area contributed by atoms with E-state index in [2.05, 4.69) is 0 Å². The number of hydrogen-bond acceptors (Lipinski definition) is 3. The van der Waals surface area contributed by atoms with Gasteiger partial charge in [-0.3, -0.25) is 4.79 Å². The van der Waals surface area contributed by atoms with E-state index in [4.69, 9.17) is 0 Å². The van der Waals surface area contributed by atoms with E-state index in [-0.39, 0.29) is 4.90 Å². The molecule has 0 heterocycles. The fraction of sp³-hybridized carbons (Fsp3) is 0.562. The van der Waals surface area contributed by atoms with Crippen molar-refractivity contribution in [2.45, 2.75) is 60.5 Å². The zero-order chi connectivity index (χ0) is 16.0. The summed E-state index contributed by atoms with van der Waals surface area (Å²) in [4.78, 5) is 11.5. The Labute approximate surface area is 129 Å². The van der Waals surface area contributed by atoms with Crippen LogP contribution in [0.2, 0.25) is 0 Å². The van der Waals surface area contributed by atoms with Crippen molar-refractivity contribution >= 4 is 15.8 Å². The van der Waals surface area contributed by atoms with Crippen LogP contribution in [0.4, 0.5) is 4.39 Å². The SMILES string of the molecule is O=C(O)C1(c2ccc(S(=O)(=O)C3CC3)c(F)c2)CCCCC1. The van der Waals surface area contributed by atoms with E-state index in [1.165, 1.54) is 12.1 Å². The van der Waals surface area contributed by atoms with Crippen LogP contribution in [0.5, 0.6) is 0 Å². The molecule has 2 aliphatic carbocycles. The number of carboxylic acid groups (broad SMARTS) is 1. The van der Waals surface area contributed by atoms with Crippen molar-refractivity contribution in [3.8, 4) is 0 Å². The number of hydrogen-bond donors (Lipinski definition) is 1. The second kappa shape index (κ2) is 5.33. The first-order chi connectivity index (χ1) is 10.4. The molecule has 0 aromatic heterocycles. The number of carbonyl (C=O) groups is 1. The Kier molecular flexibility index (Phi) is 3.75. The maximum absolute atomic E-state index is 14.4. The van der Waals surface area contributed by atoms with Gasteiger partial charge >= 0.3 is 5.97 Å². The lowest BCUT2D eigenvalue weighted by Crippen LogP contribution is -2.38. The van der Waals surface area contributed by atoms with E-state index in [0.717, 1.165) is 25.3 Å². The number of halogens is 1. The number of aliphatic carboxylic acids is 1. The first-order valence-electron chi connectivity index (χ1n) is 7.65. The van der Waals surface area contributed by atoms with Crippen molar-refractivity contribution in [2.24, 2.45) is 0 Å². The molecule has 6 heteroatoms. The Bertz CT molecular complexity index is 701. The summed E-state index contributed by atoms with van der Waals surface area (Å²) in [6.45, 7) is 0. The first kappa shape index (κ1) is 15.5. The van der Waals surface area contributed by atoms with E-state index in [1.807, 2.05) is 0 Å². The van der Waals surface area contributed by atoms with Gasteiger partial charge in [-0.05, 0) is 43.4 Å². The average molecular weight is 326 g/mol. The third-order valence-corrected chi connectivity index (χ3v) is 7.16. The summed E-state index contributed by atoms with van der Waals surface area (Å²) >= 11 is 0. The number of benzene rings is 1. The lowest BCUT2D eigenvalue weighted by molar-refractivity contribution is -0.145. The molecule has 0 bridgehead atoms. The van der Waals surface area contributed by atoms with Crippen LogP contribution < -0.4 is 0 Å². The Morgan fingerprint density at radius 2 is 1.82 bits per heavy atom. The number of rotatable bonds is 4. The molecule has 2 fully saturated rings. The Hall–Kier alpha value is -1.43. The molecule has 2 saturated carbocycles. The monoisotopic (exact) mass is 326 g/mol. The van der Waals surface area contributed by atoms with E-state index in [1.54, 1.807) is 0 Å². The lowest BCUT2D eigenvalue weighted by atomic mass is 9.69. The predicted molar refractivity (Wildman–Crippen MR) is 79.0 cm³/mol. The molecule has 0 amide bonds. The third kappa shape index (κ3) is 2.43. The molecule has 120 valence electrons. The summed E-state index contributed by atoms with van der Waals surface area (Å²) in [5.41, 5.74) is -0.701. The van der Waals surface area contributed by atoms with E-state index in [9.17, 15) is 22.7 Å². The van der Waals surface area contributed by atoms with Gasteiger partial charge in [0, 0.05) is 0 Å². The highest BCUT2D eigenvalue weighted by atomic mass is 32.2. The van der Waals surface area contributed by atoms with Crippen molar-refractivity contribution in [2.75, 3.05) is 0 Å². The topological polar surface area (TPSA) is 71.4 Å². The molecule has 1 aromatic carbocycles. The summed E-state index contributed by atoms with van der Waals surface area (Å²) in [6.07, 6.45) is 4.63. The number of carboxylic acids is 1. The molecule has 0 radical (unpaired) electrons. The molecule has 22 heavy (non-hydrogen) atoms. The van der Waals surface area contributed by atoms with Gasteiger partial charge < -0.3 is 5.11 Å². The maximum Gasteiger partial charge on any atom is 0.314 e. The summed E-state index contributed by atoms with van der Waals surface area (Å²) in [5, 5.41) is 9.14. The minimum atomic E-state index is -3.61. The second-order valence-electron chi connectivity index (χ2n) is 6.34. The molecule has 0 unspecified atom stereocenters. The van der Waals surface area contributed by atoms with Crippen LogP contribution in [0.3, 0.4) is 0 Å². The minimum Gasteiger partial charge on any atom is -0.481 e. The highest BCUT2D eigenvalue weighted by Crippen LogP contribution is 2.41. The number of sulfone groups is 1. The summed E-state index contributed by atoms with van der Waals surface area (Å²) in [5.74, 6) is -1.78.